The first-order valence-electron chi connectivity index (χ1n) is 7.30. The molecule has 1 amide bonds. The first-order chi connectivity index (χ1) is 11.0. The van der Waals surface area contributed by atoms with Crippen molar-refractivity contribution in [2.24, 2.45) is 7.05 Å². The van der Waals surface area contributed by atoms with Crippen LogP contribution in [0.2, 0.25) is 0 Å². The van der Waals surface area contributed by atoms with Crippen LogP contribution in [0.3, 0.4) is 0 Å². The van der Waals surface area contributed by atoms with Gasteiger partial charge in [0.05, 0.1) is 5.56 Å². The van der Waals surface area contributed by atoms with Crippen LogP contribution in [0.4, 0.5) is 10.2 Å². The summed E-state index contributed by atoms with van der Waals surface area (Å²) >= 11 is 1.43. The molecule has 1 aromatic carbocycles. The van der Waals surface area contributed by atoms with Gasteiger partial charge in [0.1, 0.15) is 11.6 Å². The zero-order chi connectivity index (χ0) is 16.6. The fourth-order valence-electron chi connectivity index (χ4n) is 2.80. The minimum absolute atomic E-state index is 0.105. The van der Waals surface area contributed by atoms with E-state index in [-0.39, 0.29) is 17.9 Å². The van der Waals surface area contributed by atoms with Crippen LogP contribution in [0.5, 0.6) is 0 Å². The van der Waals surface area contributed by atoms with Crippen LogP contribution in [0.15, 0.2) is 34.2 Å². The second-order valence-electron chi connectivity index (χ2n) is 5.31. The molecule has 2 heterocycles. The lowest BCUT2D eigenvalue weighted by Crippen LogP contribution is -2.33. The predicted molar refractivity (Wildman–Crippen MR) is 87.4 cm³/mol. The molecule has 5 nitrogen and oxygen atoms in total. The van der Waals surface area contributed by atoms with E-state index in [1.807, 2.05) is 6.92 Å². The van der Waals surface area contributed by atoms with Crippen molar-refractivity contribution in [2.45, 2.75) is 24.4 Å². The predicted octanol–water partition coefficient (Wildman–Crippen LogP) is 2.51. The number of thioether (sulfide) groups is 1. The van der Waals surface area contributed by atoms with Crippen molar-refractivity contribution < 1.29 is 9.18 Å². The minimum atomic E-state index is -0.485. The molecule has 3 rings (SSSR count). The first kappa shape index (κ1) is 15.7. The van der Waals surface area contributed by atoms with Crippen LogP contribution in [0.1, 0.15) is 30.4 Å². The van der Waals surface area contributed by atoms with Gasteiger partial charge in [-0.1, -0.05) is 30.8 Å². The largest absolute Gasteiger partial charge is 0.312 e. The van der Waals surface area contributed by atoms with E-state index in [0.29, 0.717) is 22.1 Å². The molecule has 0 fully saturated rings. The Kier molecular flexibility index (Phi) is 4.21. The number of halogens is 1. The molecular weight excluding hydrogens is 317 g/mol. The molecule has 1 aliphatic heterocycles. The van der Waals surface area contributed by atoms with E-state index in [4.69, 9.17) is 0 Å². The Morgan fingerprint density at radius 2 is 2.22 bits per heavy atom. The minimum Gasteiger partial charge on any atom is -0.312 e. The van der Waals surface area contributed by atoms with Gasteiger partial charge in [0, 0.05) is 19.4 Å². The first-order valence-corrected chi connectivity index (χ1v) is 8.28. The molecule has 0 aliphatic carbocycles. The molecule has 1 N–H and O–H groups in total. The van der Waals surface area contributed by atoms with E-state index in [2.05, 4.69) is 10.3 Å². The zero-order valence-electron chi connectivity index (χ0n) is 12.8. The second kappa shape index (κ2) is 6.16. The Hall–Kier alpha value is -2.15. The third-order valence-corrected chi connectivity index (χ3v) is 4.74. The SMILES string of the molecule is CCSc1nc(=O)c2c(n1C)NC(=O)CC2c1cccc(F)c1. The fraction of sp³-hybridized carbons (Fsp3) is 0.312. The van der Waals surface area contributed by atoms with Crippen molar-refractivity contribution >= 4 is 23.5 Å². The van der Waals surface area contributed by atoms with Gasteiger partial charge >= 0.3 is 0 Å². The Bertz CT molecular complexity index is 835. The third kappa shape index (κ3) is 2.88. The normalized spacial score (nSPS) is 16.8. The Balaban J connectivity index is 2.20. The number of carbonyl (C=O) groups is 1. The summed E-state index contributed by atoms with van der Waals surface area (Å²) in [5, 5.41) is 3.31. The van der Waals surface area contributed by atoms with Crippen molar-refractivity contribution in [1.82, 2.24) is 9.55 Å². The fourth-order valence-corrected chi connectivity index (χ4v) is 3.49. The van der Waals surface area contributed by atoms with Crippen LogP contribution >= 0.6 is 11.8 Å². The molecule has 1 unspecified atom stereocenters. The molecule has 7 heteroatoms. The highest BCUT2D eigenvalue weighted by atomic mass is 32.2. The van der Waals surface area contributed by atoms with Crippen LogP contribution < -0.4 is 10.9 Å². The van der Waals surface area contributed by atoms with Gasteiger partial charge in [-0.25, -0.2) is 4.39 Å². The summed E-state index contributed by atoms with van der Waals surface area (Å²) in [6.45, 7) is 1.96. The summed E-state index contributed by atoms with van der Waals surface area (Å²) in [6, 6.07) is 6.01. The molecular formula is C16H16FN3O2S. The maximum absolute atomic E-state index is 13.5. The maximum atomic E-state index is 13.5. The van der Waals surface area contributed by atoms with Crippen molar-refractivity contribution in [1.29, 1.82) is 0 Å². The molecule has 1 aromatic heterocycles. The number of anilines is 1. The number of hydrogen-bond donors (Lipinski definition) is 1. The van der Waals surface area contributed by atoms with Crippen LogP contribution in [-0.2, 0) is 11.8 Å². The monoisotopic (exact) mass is 333 g/mol. The summed E-state index contributed by atoms with van der Waals surface area (Å²) < 4.78 is 15.3. The maximum Gasteiger partial charge on any atom is 0.279 e. The lowest BCUT2D eigenvalue weighted by molar-refractivity contribution is -0.116. The molecule has 1 aliphatic rings. The third-order valence-electron chi connectivity index (χ3n) is 3.83. The quantitative estimate of drug-likeness (QED) is 0.692. The van der Waals surface area contributed by atoms with Gasteiger partial charge in [0.2, 0.25) is 5.91 Å². The number of aromatic nitrogens is 2. The molecule has 2 aromatic rings. The number of fused-ring (bicyclic) bond motifs is 1. The summed E-state index contributed by atoms with van der Waals surface area (Å²) in [4.78, 5) is 28.7. The molecule has 23 heavy (non-hydrogen) atoms. The van der Waals surface area contributed by atoms with Crippen LogP contribution in [0, 0.1) is 5.82 Å². The molecule has 0 bridgehead atoms. The Labute approximate surface area is 136 Å². The van der Waals surface area contributed by atoms with E-state index in [9.17, 15) is 14.0 Å². The number of hydrogen-bond acceptors (Lipinski definition) is 4. The van der Waals surface area contributed by atoms with Gasteiger partial charge in [-0.05, 0) is 23.4 Å². The second-order valence-corrected chi connectivity index (χ2v) is 6.54. The van der Waals surface area contributed by atoms with Crippen molar-refractivity contribution in [3.8, 4) is 0 Å². The molecule has 0 radical (unpaired) electrons. The lowest BCUT2D eigenvalue weighted by Gasteiger charge is -2.27. The molecule has 0 spiro atoms. The van der Waals surface area contributed by atoms with Gasteiger partial charge in [-0.3, -0.25) is 9.59 Å². The summed E-state index contributed by atoms with van der Waals surface area (Å²) in [7, 11) is 1.76. The van der Waals surface area contributed by atoms with Crippen molar-refractivity contribution in [3.63, 3.8) is 0 Å². The number of benzene rings is 1. The highest BCUT2D eigenvalue weighted by molar-refractivity contribution is 7.99. The number of amides is 1. The number of nitrogens with one attached hydrogen (secondary N) is 1. The van der Waals surface area contributed by atoms with E-state index in [1.54, 1.807) is 23.7 Å². The Morgan fingerprint density at radius 3 is 2.91 bits per heavy atom. The van der Waals surface area contributed by atoms with Gasteiger partial charge in [0.15, 0.2) is 5.16 Å². The van der Waals surface area contributed by atoms with Gasteiger partial charge in [-0.2, -0.15) is 4.98 Å². The average molecular weight is 333 g/mol. The molecule has 1 atom stereocenters. The summed E-state index contributed by atoms with van der Waals surface area (Å²) in [6.07, 6.45) is 0.105. The summed E-state index contributed by atoms with van der Waals surface area (Å²) in [5.41, 5.74) is 0.650. The number of rotatable bonds is 3. The van der Waals surface area contributed by atoms with E-state index >= 15 is 0 Å². The topological polar surface area (TPSA) is 64.0 Å². The smallest absolute Gasteiger partial charge is 0.279 e. The van der Waals surface area contributed by atoms with E-state index in [0.717, 1.165) is 5.75 Å². The molecule has 0 saturated heterocycles. The highest BCUT2D eigenvalue weighted by Gasteiger charge is 2.32. The highest BCUT2D eigenvalue weighted by Crippen LogP contribution is 2.35. The number of carbonyl (C=O) groups excluding carboxylic acids is 1. The van der Waals surface area contributed by atoms with Gasteiger partial charge < -0.3 is 9.88 Å². The van der Waals surface area contributed by atoms with Crippen molar-refractivity contribution in [2.75, 3.05) is 11.1 Å². The zero-order valence-corrected chi connectivity index (χ0v) is 13.6. The van der Waals surface area contributed by atoms with Gasteiger partial charge in [0.25, 0.3) is 5.56 Å². The molecule has 0 saturated carbocycles. The van der Waals surface area contributed by atoms with Crippen molar-refractivity contribution in [3.05, 3.63) is 51.6 Å². The lowest BCUT2D eigenvalue weighted by atomic mass is 9.87. The average Bonchev–Trinajstić information content (AvgIpc) is 2.51. The molecule has 120 valence electrons. The standard InChI is InChI=1S/C16H16FN3O2S/c1-3-23-16-19-15(22)13-11(9-5-4-6-10(17)7-9)8-12(21)18-14(13)20(16)2/h4-7,11H,3,8H2,1-2H3,(H,18,21). The Morgan fingerprint density at radius 1 is 1.43 bits per heavy atom. The van der Waals surface area contributed by atoms with E-state index in [1.165, 1.54) is 23.9 Å². The van der Waals surface area contributed by atoms with Crippen LogP contribution in [0.25, 0.3) is 0 Å². The van der Waals surface area contributed by atoms with Gasteiger partial charge in [-0.15, -0.1) is 0 Å². The van der Waals surface area contributed by atoms with E-state index < -0.39 is 11.7 Å². The van der Waals surface area contributed by atoms with Crippen LogP contribution in [-0.4, -0.2) is 21.2 Å². The number of nitrogens with zero attached hydrogens (tertiary/aromatic N) is 2. The summed E-state index contributed by atoms with van der Waals surface area (Å²) in [5.74, 6) is 0.145.